The van der Waals surface area contributed by atoms with Crippen LogP contribution in [0, 0.1) is 17.0 Å². The zero-order chi connectivity index (χ0) is 15.7. The van der Waals surface area contributed by atoms with Gasteiger partial charge < -0.3 is 4.90 Å². The van der Waals surface area contributed by atoms with Crippen LogP contribution in [0.1, 0.15) is 21.7 Å². The standard InChI is InChI=1S/C12H16N6O3/c1-8-11(18(20)21)10(14-17(8)4)12(19)15(2)6-9-5-13-16(3)7-9/h5,7H,6H2,1-4H3. The third-order valence-electron chi connectivity index (χ3n) is 3.21. The van der Waals surface area contributed by atoms with Crippen molar-refractivity contribution in [3.8, 4) is 0 Å². The summed E-state index contributed by atoms with van der Waals surface area (Å²) in [6.45, 7) is 1.86. The van der Waals surface area contributed by atoms with E-state index in [2.05, 4.69) is 10.2 Å². The van der Waals surface area contributed by atoms with Gasteiger partial charge in [0, 0.05) is 39.4 Å². The van der Waals surface area contributed by atoms with Gasteiger partial charge in [0.1, 0.15) is 5.69 Å². The van der Waals surface area contributed by atoms with Gasteiger partial charge >= 0.3 is 5.69 Å². The molecule has 0 radical (unpaired) electrons. The highest BCUT2D eigenvalue weighted by Crippen LogP contribution is 2.23. The quantitative estimate of drug-likeness (QED) is 0.608. The number of hydrogen-bond acceptors (Lipinski definition) is 5. The fourth-order valence-corrected chi connectivity index (χ4v) is 2.04. The molecule has 2 aromatic rings. The van der Waals surface area contributed by atoms with Gasteiger partial charge in [-0.25, -0.2) is 0 Å². The Labute approximate surface area is 120 Å². The minimum absolute atomic E-state index is 0.147. The zero-order valence-corrected chi connectivity index (χ0v) is 12.3. The van der Waals surface area contributed by atoms with Gasteiger partial charge in [-0.05, 0) is 6.92 Å². The van der Waals surface area contributed by atoms with Crippen molar-refractivity contribution in [3.63, 3.8) is 0 Å². The fourth-order valence-electron chi connectivity index (χ4n) is 2.04. The smallest absolute Gasteiger partial charge is 0.322 e. The van der Waals surface area contributed by atoms with Crippen LogP contribution in [0.15, 0.2) is 12.4 Å². The van der Waals surface area contributed by atoms with Gasteiger partial charge in [0.05, 0.1) is 11.1 Å². The number of aromatic nitrogens is 4. The van der Waals surface area contributed by atoms with E-state index in [1.54, 1.807) is 45.1 Å². The fraction of sp³-hybridized carbons (Fsp3) is 0.417. The van der Waals surface area contributed by atoms with Crippen molar-refractivity contribution in [3.05, 3.63) is 39.5 Å². The van der Waals surface area contributed by atoms with Crippen LogP contribution in [-0.4, -0.2) is 42.3 Å². The SMILES string of the molecule is Cc1c([N+](=O)[O-])c(C(=O)N(C)Cc2cnn(C)c2)nn1C. The second-order valence-corrected chi connectivity index (χ2v) is 4.85. The second kappa shape index (κ2) is 5.35. The van der Waals surface area contributed by atoms with Crippen molar-refractivity contribution >= 4 is 11.6 Å². The van der Waals surface area contributed by atoms with Crippen molar-refractivity contribution in [2.24, 2.45) is 14.1 Å². The Morgan fingerprint density at radius 2 is 2.14 bits per heavy atom. The molecule has 0 N–H and O–H groups in total. The molecule has 0 aliphatic rings. The van der Waals surface area contributed by atoms with Crippen LogP contribution in [0.25, 0.3) is 0 Å². The Morgan fingerprint density at radius 3 is 2.67 bits per heavy atom. The van der Waals surface area contributed by atoms with E-state index in [0.29, 0.717) is 12.2 Å². The van der Waals surface area contributed by atoms with Crippen LogP contribution < -0.4 is 0 Å². The van der Waals surface area contributed by atoms with Crippen LogP contribution in [0.4, 0.5) is 5.69 Å². The molecule has 0 fully saturated rings. The molecule has 112 valence electrons. The molecule has 0 bridgehead atoms. The third-order valence-corrected chi connectivity index (χ3v) is 3.21. The van der Waals surface area contributed by atoms with Crippen molar-refractivity contribution in [1.82, 2.24) is 24.5 Å². The predicted molar refractivity (Wildman–Crippen MR) is 73.6 cm³/mol. The highest BCUT2D eigenvalue weighted by molar-refractivity contribution is 5.96. The Morgan fingerprint density at radius 1 is 1.48 bits per heavy atom. The van der Waals surface area contributed by atoms with Crippen molar-refractivity contribution in [1.29, 1.82) is 0 Å². The molecule has 0 aromatic carbocycles. The molecule has 9 heteroatoms. The Kier molecular flexibility index (Phi) is 3.74. The minimum Gasteiger partial charge on any atom is -0.336 e. The lowest BCUT2D eigenvalue weighted by molar-refractivity contribution is -0.385. The number of carbonyl (C=O) groups is 1. The van der Waals surface area contributed by atoms with Crippen LogP contribution in [0.3, 0.4) is 0 Å². The van der Waals surface area contributed by atoms with Gasteiger partial charge in [-0.1, -0.05) is 0 Å². The first kappa shape index (κ1) is 14.7. The summed E-state index contributed by atoms with van der Waals surface area (Å²) in [6, 6.07) is 0. The molecule has 9 nitrogen and oxygen atoms in total. The van der Waals surface area contributed by atoms with E-state index < -0.39 is 10.8 Å². The lowest BCUT2D eigenvalue weighted by Crippen LogP contribution is -2.27. The maximum Gasteiger partial charge on any atom is 0.322 e. The van der Waals surface area contributed by atoms with Gasteiger partial charge in [0.15, 0.2) is 0 Å². The van der Waals surface area contributed by atoms with E-state index in [-0.39, 0.29) is 11.4 Å². The average Bonchev–Trinajstić information content (AvgIpc) is 2.93. The first-order valence-electron chi connectivity index (χ1n) is 6.22. The summed E-state index contributed by atoms with van der Waals surface area (Å²) < 4.78 is 2.96. The van der Waals surface area contributed by atoms with Crippen LogP contribution >= 0.6 is 0 Å². The molecular weight excluding hydrogens is 276 g/mol. The molecular formula is C12H16N6O3. The van der Waals surface area contributed by atoms with E-state index in [4.69, 9.17) is 0 Å². The van der Waals surface area contributed by atoms with E-state index >= 15 is 0 Å². The third kappa shape index (κ3) is 2.76. The molecule has 21 heavy (non-hydrogen) atoms. The first-order valence-corrected chi connectivity index (χ1v) is 6.22. The number of nitrogens with zero attached hydrogens (tertiary/aromatic N) is 6. The topological polar surface area (TPSA) is 99.1 Å². The Bertz CT molecular complexity index is 702. The van der Waals surface area contributed by atoms with Crippen LogP contribution in [0.5, 0.6) is 0 Å². The van der Waals surface area contributed by atoms with E-state index in [1.165, 1.54) is 9.58 Å². The summed E-state index contributed by atoms with van der Waals surface area (Å²) in [5.41, 5.74) is 0.786. The average molecular weight is 292 g/mol. The first-order chi connectivity index (χ1) is 9.81. The highest BCUT2D eigenvalue weighted by Gasteiger charge is 2.30. The molecule has 0 spiro atoms. The lowest BCUT2D eigenvalue weighted by atomic mass is 10.2. The zero-order valence-electron chi connectivity index (χ0n) is 12.3. The molecule has 2 aromatic heterocycles. The van der Waals surface area contributed by atoms with Crippen molar-refractivity contribution in [2.75, 3.05) is 7.05 Å². The van der Waals surface area contributed by atoms with Crippen LogP contribution in [-0.2, 0) is 20.6 Å². The summed E-state index contributed by atoms with van der Waals surface area (Å²) in [6.07, 6.45) is 3.42. The monoisotopic (exact) mass is 292 g/mol. The van der Waals surface area contributed by atoms with E-state index in [0.717, 1.165) is 5.56 Å². The molecule has 2 heterocycles. The highest BCUT2D eigenvalue weighted by atomic mass is 16.6. The van der Waals surface area contributed by atoms with Gasteiger partial charge in [-0.15, -0.1) is 0 Å². The number of aryl methyl sites for hydroxylation is 2. The Hall–Kier alpha value is -2.71. The minimum atomic E-state index is -0.576. The molecule has 2 rings (SSSR count). The largest absolute Gasteiger partial charge is 0.336 e. The maximum atomic E-state index is 12.4. The normalized spacial score (nSPS) is 10.7. The number of hydrogen-bond donors (Lipinski definition) is 0. The van der Waals surface area contributed by atoms with Gasteiger partial charge in [-0.3, -0.25) is 24.3 Å². The molecule has 0 aliphatic carbocycles. The summed E-state index contributed by atoms with van der Waals surface area (Å²) in [5.74, 6) is -0.491. The molecule has 0 saturated heterocycles. The predicted octanol–water partition coefficient (Wildman–Crippen LogP) is 0.642. The van der Waals surface area contributed by atoms with Gasteiger partial charge in [0.2, 0.25) is 5.69 Å². The Balaban J connectivity index is 2.27. The summed E-state index contributed by atoms with van der Waals surface area (Å²) >= 11 is 0. The molecule has 0 unspecified atom stereocenters. The van der Waals surface area contributed by atoms with E-state index in [1.807, 2.05) is 0 Å². The van der Waals surface area contributed by atoms with Gasteiger partial charge in [0.25, 0.3) is 5.91 Å². The lowest BCUT2D eigenvalue weighted by Gasteiger charge is -2.14. The van der Waals surface area contributed by atoms with E-state index in [9.17, 15) is 14.9 Å². The number of carbonyl (C=O) groups excluding carboxylic acids is 1. The summed E-state index contributed by atoms with van der Waals surface area (Å²) in [4.78, 5) is 24.3. The maximum absolute atomic E-state index is 12.4. The van der Waals surface area contributed by atoms with Crippen molar-refractivity contribution < 1.29 is 9.72 Å². The summed E-state index contributed by atoms with van der Waals surface area (Å²) in [7, 11) is 4.92. The summed E-state index contributed by atoms with van der Waals surface area (Å²) in [5, 5.41) is 19.1. The molecule has 1 amide bonds. The van der Waals surface area contributed by atoms with Crippen LogP contribution in [0.2, 0.25) is 0 Å². The molecule has 0 atom stereocenters. The number of amides is 1. The van der Waals surface area contributed by atoms with Gasteiger partial charge in [-0.2, -0.15) is 10.2 Å². The number of nitro groups is 1. The second-order valence-electron chi connectivity index (χ2n) is 4.85. The molecule has 0 aliphatic heterocycles. The van der Waals surface area contributed by atoms with Crippen molar-refractivity contribution in [2.45, 2.75) is 13.5 Å². The number of rotatable bonds is 4. The molecule has 0 saturated carbocycles.